The molecule has 6 nitrogen and oxygen atoms in total. The van der Waals surface area contributed by atoms with Crippen LogP contribution in [0.3, 0.4) is 0 Å². The number of carbonyl (C=O) groups is 1. The molecule has 0 aromatic heterocycles. The molecule has 1 atom stereocenters. The molecule has 112 valence electrons. The summed E-state index contributed by atoms with van der Waals surface area (Å²) >= 11 is 0. The van der Waals surface area contributed by atoms with Gasteiger partial charge in [-0.3, -0.25) is 5.32 Å². The summed E-state index contributed by atoms with van der Waals surface area (Å²) in [6.07, 6.45) is -1.42. The molecule has 0 aliphatic rings. The van der Waals surface area contributed by atoms with Crippen LogP contribution in [0.15, 0.2) is 18.2 Å². The largest absolute Gasteiger partial charge is 0.496 e. The minimum Gasteiger partial charge on any atom is -0.496 e. The van der Waals surface area contributed by atoms with Crippen LogP contribution in [-0.2, 0) is 4.74 Å². The lowest BCUT2D eigenvalue weighted by molar-refractivity contribution is 0.0636. The Kier molecular flexibility index (Phi) is 5.35. The highest BCUT2D eigenvalue weighted by Crippen LogP contribution is 2.28. The predicted octanol–water partition coefficient (Wildman–Crippen LogP) is 2.03. The molecule has 1 rings (SSSR count). The van der Waals surface area contributed by atoms with Crippen LogP contribution in [0.5, 0.6) is 5.75 Å². The number of anilines is 1. The van der Waals surface area contributed by atoms with E-state index in [1.807, 2.05) is 0 Å². The summed E-state index contributed by atoms with van der Waals surface area (Å²) in [5, 5.41) is 12.4. The van der Waals surface area contributed by atoms with E-state index in [0.717, 1.165) is 0 Å². The second kappa shape index (κ2) is 6.58. The van der Waals surface area contributed by atoms with Crippen molar-refractivity contribution in [3.8, 4) is 5.75 Å². The average molecular weight is 282 g/mol. The van der Waals surface area contributed by atoms with Crippen molar-refractivity contribution in [3.05, 3.63) is 23.8 Å². The number of rotatable bonds is 4. The first-order valence-corrected chi connectivity index (χ1v) is 6.33. The molecular weight excluding hydrogens is 260 g/mol. The molecule has 0 heterocycles. The van der Waals surface area contributed by atoms with E-state index in [4.69, 9.17) is 15.2 Å². The SMILES string of the molecule is COc1ccc(NC(=O)OC(C)(C)C)cc1C(O)CN. The first-order chi connectivity index (χ1) is 9.26. The van der Waals surface area contributed by atoms with Crippen molar-refractivity contribution in [3.63, 3.8) is 0 Å². The maximum Gasteiger partial charge on any atom is 0.412 e. The molecular formula is C14H22N2O4. The molecule has 1 aromatic carbocycles. The molecule has 4 N–H and O–H groups in total. The van der Waals surface area contributed by atoms with Gasteiger partial charge < -0.3 is 20.3 Å². The van der Waals surface area contributed by atoms with Gasteiger partial charge in [-0.25, -0.2) is 4.79 Å². The van der Waals surface area contributed by atoms with E-state index >= 15 is 0 Å². The van der Waals surface area contributed by atoms with Crippen molar-refractivity contribution >= 4 is 11.8 Å². The first-order valence-electron chi connectivity index (χ1n) is 6.33. The number of carbonyl (C=O) groups excluding carboxylic acids is 1. The summed E-state index contributed by atoms with van der Waals surface area (Å²) in [6, 6.07) is 4.93. The Balaban J connectivity index is 2.89. The number of hydrogen-bond donors (Lipinski definition) is 3. The maximum atomic E-state index is 11.7. The Morgan fingerprint density at radius 2 is 2.10 bits per heavy atom. The second-order valence-corrected chi connectivity index (χ2v) is 5.34. The first kappa shape index (κ1) is 16.3. The van der Waals surface area contributed by atoms with E-state index in [1.54, 1.807) is 39.0 Å². The fraction of sp³-hybridized carbons (Fsp3) is 0.500. The van der Waals surface area contributed by atoms with E-state index in [0.29, 0.717) is 17.0 Å². The number of nitrogens with two attached hydrogens (primary N) is 1. The Hall–Kier alpha value is -1.79. The van der Waals surface area contributed by atoms with Crippen molar-refractivity contribution in [2.75, 3.05) is 19.0 Å². The van der Waals surface area contributed by atoms with E-state index in [1.165, 1.54) is 7.11 Å². The standard InChI is InChI=1S/C14H22N2O4/c1-14(2,3)20-13(18)16-9-5-6-12(19-4)10(7-9)11(17)8-15/h5-7,11,17H,8,15H2,1-4H3,(H,16,18). The van der Waals surface area contributed by atoms with E-state index in [9.17, 15) is 9.90 Å². The van der Waals surface area contributed by atoms with Crippen LogP contribution in [-0.4, -0.2) is 30.5 Å². The zero-order valence-corrected chi connectivity index (χ0v) is 12.3. The Labute approximate surface area is 118 Å². The number of ether oxygens (including phenoxy) is 2. The molecule has 0 aliphatic heterocycles. The molecule has 0 radical (unpaired) electrons. The third-order valence-corrected chi connectivity index (χ3v) is 2.46. The molecule has 6 heteroatoms. The van der Waals surface area contributed by atoms with Crippen molar-refractivity contribution in [1.29, 1.82) is 0 Å². The highest BCUT2D eigenvalue weighted by molar-refractivity contribution is 5.85. The number of amides is 1. The molecule has 1 aromatic rings. The number of nitrogens with one attached hydrogen (secondary N) is 1. The summed E-state index contributed by atoms with van der Waals surface area (Å²) in [4.78, 5) is 11.7. The monoisotopic (exact) mass is 282 g/mol. The summed E-state index contributed by atoms with van der Waals surface area (Å²) < 4.78 is 10.3. The van der Waals surface area contributed by atoms with Crippen LogP contribution < -0.4 is 15.8 Å². The fourth-order valence-electron chi connectivity index (χ4n) is 1.62. The highest BCUT2D eigenvalue weighted by atomic mass is 16.6. The lowest BCUT2D eigenvalue weighted by Gasteiger charge is -2.20. The third-order valence-electron chi connectivity index (χ3n) is 2.46. The number of aliphatic hydroxyl groups is 1. The van der Waals surface area contributed by atoms with Crippen LogP contribution in [0.2, 0.25) is 0 Å². The minimum absolute atomic E-state index is 0.0618. The smallest absolute Gasteiger partial charge is 0.412 e. The summed E-state index contributed by atoms with van der Waals surface area (Å²) in [5.74, 6) is 0.512. The molecule has 0 bridgehead atoms. The van der Waals surface area contributed by atoms with Gasteiger partial charge >= 0.3 is 6.09 Å². The predicted molar refractivity (Wildman–Crippen MR) is 76.9 cm³/mol. The topological polar surface area (TPSA) is 93.8 Å². The van der Waals surface area contributed by atoms with E-state index < -0.39 is 17.8 Å². The number of methoxy groups -OCH3 is 1. The van der Waals surface area contributed by atoms with Gasteiger partial charge in [0.1, 0.15) is 11.4 Å². The molecule has 1 amide bonds. The van der Waals surface area contributed by atoms with Gasteiger partial charge in [0.05, 0.1) is 13.2 Å². The lowest BCUT2D eigenvalue weighted by atomic mass is 10.1. The van der Waals surface area contributed by atoms with Crippen LogP contribution in [0.1, 0.15) is 32.4 Å². The number of benzene rings is 1. The van der Waals surface area contributed by atoms with Gasteiger partial charge in [-0.05, 0) is 39.0 Å². The van der Waals surface area contributed by atoms with Crippen LogP contribution >= 0.6 is 0 Å². The lowest BCUT2D eigenvalue weighted by Crippen LogP contribution is -2.27. The molecule has 0 spiro atoms. The minimum atomic E-state index is -0.856. The highest BCUT2D eigenvalue weighted by Gasteiger charge is 2.18. The molecule has 0 fully saturated rings. The third kappa shape index (κ3) is 4.71. The second-order valence-electron chi connectivity index (χ2n) is 5.34. The van der Waals surface area contributed by atoms with E-state index in [2.05, 4.69) is 5.32 Å². The number of hydrogen-bond acceptors (Lipinski definition) is 5. The van der Waals surface area contributed by atoms with Crippen molar-refractivity contribution in [1.82, 2.24) is 0 Å². The van der Waals surface area contributed by atoms with Gasteiger partial charge in [0.25, 0.3) is 0 Å². The molecule has 20 heavy (non-hydrogen) atoms. The van der Waals surface area contributed by atoms with Crippen molar-refractivity contribution in [2.45, 2.75) is 32.5 Å². The zero-order valence-electron chi connectivity index (χ0n) is 12.3. The quantitative estimate of drug-likeness (QED) is 0.785. The van der Waals surface area contributed by atoms with Gasteiger partial charge in [-0.15, -0.1) is 0 Å². The Bertz CT molecular complexity index is 469. The normalized spacial score (nSPS) is 12.7. The fourth-order valence-corrected chi connectivity index (χ4v) is 1.62. The summed E-state index contributed by atoms with van der Waals surface area (Å²) in [6.45, 7) is 5.41. The van der Waals surface area contributed by atoms with Crippen LogP contribution in [0.4, 0.5) is 10.5 Å². The van der Waals surface area contributed by atoms with Crippen molar-refractivity contribution < 1.29 is 19.4 Å². The van der Waals surface area contributed by atoms with Gasteiger partial charge in [0, 0.05) is 17.8 Å². The molecule has 0 aliphatic carbocycles. The van der Waals surface area contributed by atoms with Gasteiger partial charge in [-0.1, -0.05) is 0 Å². The molecule has 0 saturated carbocycles. The molecule has 1 unspecified atom stereocenters. The summed E-state index contributed by atoms with van der Waals surface area (Å²) in [7, 11) is 1.50. The van der Waals surface area contributed by atoms with Gasteiger partial charge in [0.15, 0.2) is 0 Å². The van der Waals surface area contributed by atoms with Crippen LogP contribution in [0.25, 0.3) is 0 Å². The van der Waals surface area contributed by atoms with E-state index in [-0.39, 0.29) is 6.54 Å². The average Bonchev–Trinajstić information content (AvgIpc) is 2.35. The zero-order chi connectivity index (χ0) is 15.3. The van der Waals surface area contributed by atoms with Crippen LogP contribution in [0, 0.1) is 0 Å². The number of aliphatic hydroxyl groups excluding tert-OH is 1. The summed E-state index contributed by atoms with van der Waals surface area (Å²) in [5.41, 5.74) is 5.89. The van der Waals surface area contributed by atoms with Gasteiger partial charge in [-0.2, -0.15) is 0 Å². The van der Waals surface area contributed by atoms with Crippen molar-refractivity contribution in [2.24, 2.45) is 5.73 Å². The van der Waals surface area contributed by atoms with Gasteiger partial charge in [0.2, 0.25) is 0 Å². The Morgan fingerprint density at radius 1 is 1.45 bits per heavy atom. The maximum absolute atomic E-state index is 11.7. The molecule has 0 saturated heterocycles. The Morgan fingerprint density at radius 3 is 2.60 bits per heavy atom.